The quantitative estimate of drug-likeness (QED) is 0.0346. The molecule has 0 aromatic carbocycles. The summed E-state index contributed by atoms with van der Waals surface area (Å²) < 4.78 is 17.4. The summed E-state index contributed by atoms with van der Waals surface area (Å²) in [6.07, 6.45) is 73.5. The van der Waals surface area contributed by atoms with Crippen LogP contribution in [0.15, 0.2) is 72.9 Å². The van der Waals surface area contributed by atoms with Gasteiger partial charge in [-0.3, -0.25) is 9.59 Å². The molecule has 0 heterocycles. The Morgan fingerprint density at radius 3 is 1.15 bits per heavy atom. The Balaban J connectivity index is 4.30. The van der Waals surface area contributed by atoms with Crippen molar-refractivity contribution in [1.29, 1.82) is 0 Å². The van der Waals surface area contributed by atoms with Crippen LogP contribution in [0.5, 0.6) is 0 Å². The number of unbranched alkanes of at least 4 members (excludes halogenated alkanes) is 29. The maximum Gasteiger partial charge on any atom is 0.306 e. The normalized spacial score (nSPS) is 12.7. The zero-order valence-electron chi connectivity index (χ0n) is 44.0. The molecule has 66 heavy (non-hydrogen) atoms. The molecular weight excluding hydrogens is 813 g/mol. The molecule has 5 heteroatoms. The summed E-state index contributed by atoms with van der Waals surface area (Å²) in [4.78, 5) is 25.5. The van der Waals surface area contributed by atoms with Crippen molar-refractivity contribution in [3.05, 3.63) is 72.9 Å². The van der Waals surface area contributed by atoms with Crippen LogP contribution in [0.3, 0.4) is 0 Å². The van der Waals surface area contributed by atoms with Crippen molar-refractivity contribution in [2.45, 2.75) is 284 Å². The Morgan fingerprint density at radius 2 is 0.682 bits per heavy atom. The van der Waals surface area contributed by atoms with Crippen LogP contribution in [0.2, 0.25) is 0 Å². The Hall–Kier alpha value is -2.66. The van der Waals surface area contributed by atoms with Gasteiger partial charge in [0.25, 0.3) is 0 Å². The minimum Gasteiger partial charge on any atom is -0.462 e. The summed E-state index contributed by atoms with van der Waals surface area (Å²) in [6, 6.07) is 0. The van der Waals surface area contributed by atoms with Gasteiger partial charge < -0.3 is 14.2 Å². The third-order valence-corrected chi connectivity index (χ3v) is 12.2. The van der Waals surface area contributed by atoms with E-state index >= 15 is 0 Å². The van der Waals surface area contributed by atoms with Gasteiger partial charge in [-0.2, -0.15) is 0 Å². The van der Waals surface area contributed by atoms with E-state index in [1.54, 1.807) is 0 Å². The number of carbonyl (C=O) groups is 2. The van der Waals surface area contributed by atoms with Crippen molar-refractivity contribution in [2.24, 2.45) is 0 Å². The van der Waals surface area contributed by atoms with Crippen LogP contribution in [-0.4, -0.2) is 37.9 Å². The van der Waals surface area contributed by atoms with E-state index in [9.17, 15) is 9.59 Å². The fourth-order valence-corrected chi connectivity index (χ4v) is 8.00. The van der Waals surface area contributed by atoms with Crippen LogP contribution in [0, 0.1) is 0 Å². The van der Waals surface area contributed by atoms with Gasteiger partial charge in [0.05, 0.1) is 6.61 Å². The van der Waals surface area contributed by atoms with Crippen molar-refractivity contribution < 1.29 is 23.8 Å². The lowest BCUT2D eigenvalue weighted by Gasteiger charge is -2.18. The second-order valence-electron chi connectivity index (χ2n) is 18.8. The molecule has 0 aromatic rings. The van der Waals surface area contributed by atoms with Gasteiger partial charge >= 0.3 is 11.9 Å². The van der Waals surface area contributed by atoms with Gasteiger partial charge in [-0.05, 0) is 89.9 Å². The fraction of sp³-hybridized carbons (Fsp3) is 0.770. The summed E-state index contributed by atoms with van der Waals surface area (Å²) in [6.45, 7) is 7.67. The maximum atomic E-state index is 12.8. The lowest BCUT2D eigenvalue weighted by Crippen LogP contribution is -2.30. The van der Waals surface area contributed by atoms with Crippen LogP contribution in [0.1, 0.15) is 278 Å². The Morgan fingerprint density at radius 1 is 0.348 bits per heavy atom. The second-order valence-corrected chi connectivity index (χ2v) is 18.8. The van der Waals surface area contributed by atoms with Gasteiger partial charge in [0.2, 0.25) is 0 Å². The summed E-state index contributed by atoms with van der Waals surface area (Å²) in [7, 11) is 0. The largest absolute Gasteiger partial charge is 0.462 e. The number of esters is 2. The van der Waals surface area contributed by atoms with E-state index in [-0.39, 0.29) is 25.2 Å². The summed E-state index contributed by atoms with van der Waals surface area (Å²) in [5.41, 5.74) is 0. The average molecular weight is 922 g/mol. The first-order chi connectivity index (χ1) is 32.6. The summed E-state index contributed by atoms with van der Waals surface area (Å²) >= 11 is 0. The highest BCUT2D eigenvalue weighted by Crippen LogP contribution is 2.16. The molecule has 0 spiro atoms. The minimum absolute atomic E-state index is 0.0633. The Bertz CT molecular complexity index is 1180. The monoisotopic (exact) mass is 921 g/mol. The Labute approximate surface area is 410 Å². The van der Waals surface area contributed by atoms with Crippen molar-refractivity contribution in [2.75, 3.05) is 19.8 Å². The number of hydrogen-bond donors (Lipinski definition) is 0. The van der Waals surface area contributed by atoms with Crippen molar-refractivity contribution >= 4 is 11.9 Å². The van der Waals surface area contributed by atoms with Gasteiger partial charge in [-0.25, -0.2) is 0 Å². The zero-order chi connectivity index (χ0) is 47.7. The third-order valence-electron chi connectivity index (χ3n) is 12.2. The van der Waals surface area contributed by atoms with Crippen LogP contribution < -0.4 is 0 Å². The predicted octanol–water partition coefficient (Wildman–Crippen LogP) is 19.5. The second kappa shape index (κ2) is 56.7. The summed E-state index contributed by atoms with van der Waals surface area (Å²) in [5.74, 6) is -0.437. The van der Waals surface area contributed by atoms with Crippen LogP contribution in [0.25, 0.3) is 0 Å². The summed E-state index contributed by atoms with van der Waals surface area (Å²) in [5, 5.41) is 0. The van der Waals surface area contributed by atoms with Gasteiger partial charge in [0.1, 0.15) is 6.61 Å². The van der Waals surface area contributed by atoms with Crippen LogP contribution >= 0.6 is 0 Å². The van der Waals surface area contributed by atoms with E-state index in [2.05, 4.69) is 93.7 Å². The number of hydrogen-bond acceptors (Lipinski definition) is 5. The molecule has 0 aliphatic rings. The van der Waals surface area contributed by atoms with Gasteiger partial charge in [-0.15, -0.1) is 0 Å². The number of ether oxygens (including phenoxy) is 3. The lowest BCUT2D eigenvalue weighted by molar-refractivity contribution is -0.163. The van der Waals surface area contributed by atoms with Crippen LogP contribution in [0.4, 0.5) is 0 Å². The van der Waals surface area contributed by atoms with E-state index in [1.165, 1.54) is 167 Å². The molecule has 0 aliphatic carbocycles. The SMILES string of the molecule is CC/C=C\C/C=C\C/C=C\C/C=C\CCCCC(=O)OCC(COCCCCCCCCCCCC/C=C\C/C=C\CCCCC)OC(=O)CCCCCCCCCCCCCCCCC. The first kappa shape index (κ1) is 63.3. The molecule has 0 N–H and O–H groups in total. The fourth-order valence-electron chi connectivity index (χ4n) is 8.00. The smallest absolute Gasteiger partial charge is 0.306 e. The Kier molecular flexibility index (Phi) is 54.4. The molecule has 1 atom stereocenters. The molecule has 382 valence electrons. The molecule has 0 bridgehead atoms. The lowest BCUT2D eigenvalue weighted by atomic mass is 10.0. The van der Waals surface area contributed by atoms with Gasteiger partial charge in [0.15, 0.2) is 6.10 Å². The van der Waals surface area contributed by atoms with Gasteiger partial charge in [0, 0.05) is 19.4 Å². The highest BCUT2D eigenvalue weighted by Gasteiger charge is 2.17. The predicted molar refractivity (Wildman–Crippen MR) is 288 cm³/mol. The first-order valence-corrected chi connectivity index (χ1v) is 28.5. The van der Waals surface area contributed by atoms with Crippen molar-refractivity contribution in [3.8, 4) is 0 Å². The third kappa shape index (κ3) is 54.0. The number of carbonyl (C=O) groups excluding carboxylic acids is 2. The zero-order valence-corrected chi connectivity index (χ0v) is 44.0. The molecule has 0 amide bonds. The van der Waals surface area contributed by atoms with Gasteiger partial charge in [-0.1, -0.05) is 248 Å². The molecule has 0 fully saturated rings. The van der Waals surface area contributed by atoms with Crippen molar-refractivity contribution in [1.82, 2.24) is 0 Å². The van der Waals surface area contributed by atoms with E-state index in [0.29, 0.717) is 19.4 Å². The van der Waals surface area contributed by atoms with Crippen LogP contribution in [-0.2, 0) is 23.8 Å². The molecule has 0 radical (unpaired) electrons. The topological polar surface area (TPSA) is 61.8 Å². The molecule has 1 unspecified atom stereocenters. The molecule has 0 saturated carbocycles. The number of rotatable bonds is 52. The molecular formula is C61H108O5. The molecule has 5 nitrogen and oxygen atoms in total. The highest BCUT2D eigenvalue weighted by molar-refractivity contribution is 5.70. The average Bonchev–Trinajstić information content (AvgIpc) is 3.32. The van der Waals surface area contributed by atoms with E-state index in [0.717, 1.165) is 77.0 Å². The van der Waals surface area contributed by atoms with Crippen molar-refractivity contribution in [3.63, 3.8) is 0 Å². The molecule has 0 aromatic heterocycles. The molecule has 0 saturated heterocycles. The minimum atomic E-state index is -0.555. The van der Waals surface area contributed by atoms with E-state index in [4.69, 9.17) is 14.2 Å². The van der Waals surface area contributed by atoms with E-state index < -0.39 is 6.10 Å². The maximum absolute atomic E-state index is 12.8. The first-order valence-electron chi connectivity index (χ1n) is 28.5. The standard InChI is InChI=1S/C61H108O5/c1-4-7-10-13-16-19-22-25-28-29-30-31-32-35-38-41-44-47-50-53-56-64-57-59(66-61(63)55-52-49-46-43-40-37-34-27-24-21-18-15-12-9-6-3)58-65-60(62)54-51-48-45-42-39-36-33-26-23-20-17-14-11-8-5-2/h8,11,16-17,19-20,25-26,28,33,39,42,59H,4-7,9-10,12-15,18,21-24,27,29-32,34-38,40-41,43-58H2,1-3H3/b11-8-,19-16-,20-17-,28-25-,33-26-,42-39-. The number of allylic oxidation sites excluding steroid dienone is 12. The van der Waals surface area contributed by atoms with E-state index in [1.807, 2.05) is 0 Å². The highest BCUT2D eigenvalue weighted by atomic mass is 16.6. The molecule has 0 rings (SSSR count). The molecule has 0 aliphatic heterocycles.